The largest absolute Gasteiger partial charge is 0.488 e. The number of rotatable bonds is 4. The number of aromatic nitrogens is 1. The Morgan fingerprint density at radius 1 is 1.67 bits per heavy atom. The molecule has 0 saturated heterocycles. The topological polar surface area (TPSA) is 31.4 Å². The highest BCUT2D eigenvalue weighted by atomic mass is 79.9. The van der Waals surface area contributed by atoms with Gasteiger partial charge in [-0.05, 0) is 12.1 Å². The van der Waals surface area contributed by atoms with E-state index in [0.717, 1.165) is 5.75 Å². The van der Waals surface area contributed by atoms with Crippen molar-refractivity contribution in [3.8, 4) is 5.75 Å². The molecule has 1 rings (SSSR count). The number of alkyl halides is 1. The minimum atomic E-state index is -0.0716. The van der Waals surface area contributed by atoms with Gasteiger partial charge in [-0.15, -0.1) is 0 Å². The van der Waals surface area contributed by atoms with Crippen LogP contribution in [0.5, 0.6) is 5.75 Å². The summed E-state index contributed by atoms with van der Waals surface area (Å²) in [7, 11) is 1.62. The zero-order valence-corrected chi connectivity index (χ0v) is 8.32. The predicted octanol–water partition coefficient (Wildman–Crippen LogP) is 1.83. The Morgan fingerprint density at radius 2 is 2.50 bits per heavy atom. The quantitative estimate of drug-likeness (QED) is 0.742. The molecule has 1 aromatic rings. The number of hydrogen-bond acceptors (Lipinski definition) is 3. The highest BCUT2D eigenvalue weighted by Gasteiger charge is 2.01. The number of hydrogen-bond donors (Lipinski definition) is 0. The average Bonchev–Trinajstić information content (AvgIpc) is 2.16. The van der Waals surface area contributed by atoms with Crippen LogP contribution in [-0.4, -0.2) is 23.7 Å². The molecular weight excluding hydrogens is 222 g/mol. The Balaban J connectivity index is 2.33. The molecule has 0 aliphatic carbocycles. The van der Waals surface area contributed by atoms with Gasteiger partial charge in [0.25, 0.3) is 0 Å². The van der Waals surface area contributed by atoms with E-state index >= 15 is 0 Å². The van der Waals surface area contributed by atoms with Crippen molar-refractivity contribution in [3.63, 3.8) is 0 Å². The van der Waals surface area contributed by atoms with Crippen LogP contribution in [0.1, 0.15) is 0 Å². The normalized spacial score (nSPS) is 12.5. The minimum absolute atomic E-state index is 0.0716. The first-order valence-corrected chi connectivity index (χ1v) is 4.44. The zero-order valence-electron chi connectivity index (χ0n) is 6.74. The SMILES string of the molecule is COC(Br)COc1cccnc1. The van der Waals surface area contributed by atoms with E-state index in [2.05, 4.69) is 20.9 Å². The van der Waals surface area contributed by atoms with Gasteiger partial charge in [-0.25, -0.2) is 0 Å². The van der Waals surface area contributed by atoms with Crippen molar-refractivity contribution in [2.45, 2.75) is 5.01 Å². The van der Waals surface area contributed by atoms with Crippen molar-refractivity contribution < 1.29 is 9.47 Å². The van der Waals surface area contributed by atoms with Crippen LogP contribution in [-0.2, 0) is 4.74 Å². The van der Waals surface area contributed by atoms with E-state index in [1.807, 2.05) is 12.1 Å². The summed E-state index contributed by atoms with van der Waals surface area (Å²) in [6, 6.07) is 3.67. The van der Waals surface area contributed by atoms with Crippen molar-refractivity contribution >= 4 is 15.9 Å². The first-order valence-electron chi connectivity index (χ1n) is 3.52. The Hall–Kier alpha value is -0.610. The van der Waals surface area contributed by atoms with Gasteiger partial charge >= 0.3 is 0 Å². The van der Waals surface area contributed by atoms with Gasteiger partial charge in [-0.3, -0.25) is 4.98 Å². The highest BCUT2D eigenvalue weighted by Crippen LogP contribution is 2.08. The van der Waals surface area contributed by atoms with Crippen LogP contribution in [0.15, 0.2) is 24.5 Å². The summed E-state index contributed by atoms with van der Waals surface area (Å²) in [6.07, 6.45) is 3.37. The lowest BCUT2D eigenvalue weighted by atomic mass is 10.5. The molecule has 12 heavy (non-hydrogen) atoms. The van der Waals surface area contributed by atoms with Crippen LogP contribution in [0.3, 0.4) is 0 Å². The molecule has 4 heteroatoms. The Morgan fingerprint density at radius 3 is 3.08 bits per heavy atom. The Labute approximate surface area is 79.8 Å². The van der Waals surface area contributed by atoms with Crippen molar-refractivity contribution in [1.29, 1.82) is 0 Å². The molecule has 0 spiro atoms. The van der Waals surface area contributed by atoms with Crippen LogP contribution in [0, 0.1) is 0 Å². The van der Waals surface area contributed by atoms with Crippen LogP contribution in [0.2, 0.25) is 0 Å². The van der Waals surface area contributed by atoms with Crippen molar-refractivity contribution in [1.82, 2.24) is 4.98 Å². The van der Waals surface area contributed by atoms with Crippen LogP contribution < -0.4 is 4.74 Å². The summed E-state index contributed by atoms with van der Waals surface area (Å²) < 4.78 is 10.3. The summed E-state index contributed by atoms with van der Waals surface area (Å²) in [5, 5.41) is -0.0716. The lowest BCUT2D eigenvalue weighted by Crippen LogP contribution is -2.12. The fourth-order valence-corrected chi connectivity index (χ4v) is 0.794. The molecule has 1 atom stereocenters. The Kier molecular flexibility index (Phi) is 4.04. The monoisotopic (exact) mass is 231 g/mol. The van der Waals surface area contributed by atoms with Gasteiger partial charge in [0.05, 0.1) is 6.20 Å². The second-order valence-electron chi connectivity index (χ2n) is 2.15. The first kappa shape index (κ1) is 9.48. The maximum absolute atomic E-state index is 5.32. The maximum Gasteiger partial charge on any atom is 0.145 e. The smallest absolute Gasteiger partial charge is 0.145 e. The molecule has 0 radical (unpaired) electrons. The van der Waals surface area contributed by atoms with E-state index in [1.54, 1.807) is 19.5 Å². The Bertz CT molecular complexity index is 218. The molecular formula is C8H10BrNO2. The lowest BCUT2D eigenvalue weighted by molar-refractivity contribution is 0.125. The van der Waals surface area contributed by atoms with Gasteiger partial charge in [0, 0.05) is 13.3 Å². The number of ether oxygens (including phenoxy) is 2. The van der Waals surface area contributed by atoms with Crippen molar-refractivity contribution in [2.75, 3.05) is 13.7 Å². The van der Waals surface area contributed by atoms with E-state index in [1.165, 1.54) is 0 Å². The van der Waals surface area contributed by atoms with Gasteiger partial charge in [0.15, 0.2) is 0 Å². The van der Waals surface area contributed by atoms with E-state index in [4.69, 9.17) is 9.47 Å². The molecule has 1 aromatic heterocycles. The third kappa shape index (κ3) is 3.19. The number of methoxy groups -OCH3 is 1. The van der Waals surface area contributed by atoms with Crippen LogP contribution >= 0.6 is 15.9 Å². The zero-order chi connectivity index (χ0) is 8.81. The molecule has 0 bridgehead atoms. The number of nitrogens with zero attached hydrogens (tertiary/aromatic N) is 1. The van der Waals surface area contributed by atoms with E-state index in [9.17, 15) is 0 Å². The summed E-state index contributed by atoms with van der Waals surface area (Å²) in [5.41, 5.74) is 0. The van der Waals surface area contributed by atoms with E-state index in [-0.39, 0.29) is 5.01 Å². The fourth-order valence-electron chi connectivity index (χ4n) is 0.662. The standard InChI is InChI=1S/C8H10BrNO2/c1-11-8(9)6-12-7-3-2-4-10-5-7/h2-5,8H,6H2,1H3. The summed E-state index contributed by atoms with van der Waals surface area (Å²) in [4.78, 5) is 3.91. The molecule has 0 N–H and O–H groups in total. The third-order valence-electron chi connectivity index (χ3n) is 1.27. The molecule has 3 nitrogen and oxygen atoms in total. The van der Waals surface area contributed by atoms with E-state index < -0.39 is 0 Å². The second kappa shape index (κ2) is 5.11. The first-order chi connectivity index (χ1) is 5.83. The molecule has 0 aromatic carbocycles. The summed E-state index contributed by atoms with van der Waals surface area (Å²) >= 11 is 3.27. The molecule has 1 heterocycles. The van der Waals surface area contributed by atoms with Crippen molar-refractivity contribution in [3.05, 3.63) is 24.5 Å². The second-order valence-corrected chi connectivity index (χ2v) is 3.17. The molecule has 66 valence electrons. The van der Waals surface area contributed by atoms with Crippen LogP contribution in [0.4, 0.5) is 0 Å². The highest BCUT2D eigenvalue weighted by molar-refractivity contribution is 9.09. The summed E-state index contributed by atoms with van der Waals surface area (Å²) in [6.45, 7) is 0.474. The molecule has 0 saturated carbocycles. The minimum Gasteiger partial charge on any atom is -0.488 e. The molecule has 0 aliphatic rings. The number of halogens is 1. The fraction of sp³-hybridized carbons (Fsp3) is 0.375. The molecule has 0 aliphatic heterocycles. The average molecular weight is 232 g/mol. The van der Waals surface area contributed by atoms with Crippen LogP contribution in [0.25, 0.3) is 0 Å². The predicted molar refractivity (Wildman–Crippen MR) is 49.5 cm³/mol. The molecule has 1 unspecified atom stereocenters. The molecule has 0 fully saturated rings. The van der Waals surface area contributed by atoms with Gasteiger partial charge in [0.1, 0.15) is 17.4 Å². The van der Waals surface area contributed by atoms with Gasteiger partial charge in [-0.1, -0.05) is 15.9 Å². The van der Waals surface area contributed by atoms with Crippen molar-refractivity contribution in [2.24, 2.45) is 0 Å². The summed E-state index contributed by atoms with van der Waals surface area (Å²) in [5.74, 6) is 0.749. The number of pyridine rings is 1. The maximum atomic E-state index is 5.32. The third-order valence-corrected chi connectivity index (χ3v) is 1.91. The molecule has 0 amide bonds. The lowest BCUT2D eigenvalue weighted by Gasteiger charge is -2.08. The van der Waals surface area contributed by atoms with E-state index in [0.29, 0.717) is 6.61 Å². The van der Waals surface area contributed by atoms with Gasteiger partial charge in [0.2, 0.25) is 0 Å². The van der Waals surface area contributed by atoms with Gasteiger partial charge in [-0.2, -0.15) is 0 Å². The van der Waals surface area contributed by atoms with Gasteiger partial charge < -0.3 is 9.47 Å².